The number of urea groups is 1. The second-order valence-corrected chi connectivity index (χ2v) is 9.89. The highest BCUT2D eigenvalue weighted by molar-refractivity contribution is 7.91. The summed E-state index contributed by atoms with van der Waals surface area (Å²) >= 11 is 6.06. The summed E-state index contributed by atoms with van der Waals surface area (Å²) in [6.07, 6.45) is 3.67. The first-order valence-corrected chi connectivity index (χ1v) is 11.9. The molecule has 1 aromatic carbocycles. The number of aliphatic hydroxyl groups is 1. The molecule has 176 valence electrons. The largest absolute Gasteiger partial charge is 0.391 e. The van der Waals surface area contributed by atoms with Crippen molar-refractivity contribution in [2.45, 2.75) is 44.4 Å². The molecule has 0 aliphatic rings. The lowest BCUT2D eigenvalue weighted by molar-refractivity contribution is 0.168. The lowest BCUT2D eigenvalue weighted by Crippen LogP contribution is -2.34. The van der Waals surface area contributed by atoms with Gasteiger partial charge >= 0.3 is 6.03 Å². The van der Waals surface area contributed by atoms with E-state index in [0.29, 0.717) is 22.4 Å². The summed E-state index contributed by atoms with van der Waals surface area (Å²) in [6, 6.07) is 5.03. The van der Waals surface area contributed by atoms with Crippen molar-refractivity contribution in [1.29, 1.82) is 4.78 Å². The molecule has 2 heterocycles. The Kier molecular flexibility index (Phi) is 7.35. The number of nitrogens with one attached hydrogen (secondary N) is 3. The minimum Gasteiger partial charge on any atom is -0.391 e. The third-order valence-electron chi connectivity index (χ3n) is 4.61. The zero-order valence-electron chi connectivity index (χ0n) is 18.2. The van der Waals surface area contributed by atoms with Crippen molar-refractivity contribution in [1.82, 2.24) is 19.5 Å². The first-order chi connectivity index (χ1) is 15.5. The Morgan fingerprint density at radius 1 is 1.36 bits per heavy atom. The van der Waals surface area contributed by atoms with Gasteiger partial charge in [-0.3, -0.25) is 9.67 Å². The average Bonchev–Trinajstić information content (AvgIpc) is 3.09. The Labute approximate surface area is 196 Å². The van der Waals surface area contributed by atoms with Crippen molar-refractivity contribution in [2.75, 3.05) is 5.32 Å². The standard InChI is InChI=1S/C21H24ClFN6O3S/c1-12(2)16-7-15(23)8-17(14-5-4-6-25-9-14)19(16)26-21(31)28-33(24,32)20-18(22)11-29(27-20)10-13(3)30/h4-9,11-13,30H,10H2,1-3H3,(H3,24,26,28,31,32)/t13-,33?/m0/s1. The van der Waals surface area contributed by atoms with Gasteiger partial charge in [0.2, 0.25) is 0 Å². The molecular weight excluding hydrogens is 471 g/mol. The molecule has 33 heavy (non-hydrogen) atoms. The summed E-state index contributed by atoms with van der Waals surface area (Å²) in [6.45, 7) is 5.29. The number of aromatic nitrogens is 3. The van der Waals surface area contributed by atoms with Crippen LogP contribution in [-0.4, -0.2) is 36.2 Å². The predicted molar refractivity (Wildman–Crippen MR) is 124 cm³/mol. The number of halogens is 2. The number of pyridine rings is 1. The highest BCUT2D eigenvalue weighted by Gasteiger charge is 2.24. The van der Waals surface area contributed by atoms with Crippen LogP contribution in [0.15, 0.2) is 47.9 Å². The minimum atomic E-state index is -3.94. The lowest BCUT2D eigenvalue weighted by atomic mass is 9.94. The average molecular weight is 495 g/mol. The van der Waals surface area contributed by atoms with Gasteiger partial charge in [-0.15, -0.1) is 0 Å². The molecule has 0 spiro atoms. The van der Waals surface area contributed by atoms with Gasteiger partial charge in [0.05, 0.1) is 23.4 Å². The zero-order valence-corrected chi connectivity index (χ0v) is 19.7. The van der Waals surface area contributed by atoms with Crippen LogP contribution in [0.4, 0.5) is 14.9 Å². The van der Waals surface area contributed by atoms with E-state index in [1.165, 1.54) is 36.1 Å². The van der Waals surface area contributed by atoms with Crippen molar-refractivity contribution >= 4 is 33.2 Å². The molecular formula is C21H24ClFN6O3S. The Balaban J connectivity index is 1.94. The minimum absolute atomic E-state index is 0.0727. The van der Waals surface area contributed by atoms with Crippen molar-refractivity contribution in [3.63, 3.8) is 0 Å². The van der Waals surface area contributed by atoms with E-state index in [4.69, 9.17) is 16.4 Å². The van der Waals surface area contributed by atoms with Crippen LogP contribution in [0.3, 0.4) is 0 Å². The fraction of sp³-hybridized carbons (Fsp3) is 0.286. The Morgan fingerprint density at radius 3 is 2.70 bits per heavy atom. The van der Waals surface area contributed by atoms with E-state index in [2.05, 4.69) is 20.1 Å². The molecule has 1 unspecified atom stereocenters. The second kappa shape index (κ2) is 9.86. The second-order valence-electron chi connectivity index (χ2n) is 7.78. The summed E-state index contributed by atoms with van der Waals surface area (Å²) in [5, 5.41) is 15.6. The normalized spacial score (nSPS) is 14.0. The quantitative estimate of drug-likeness (QED) is 0.386. The van der Waals surface area contributed by atoms with Crippen LogP contribution >= 0.6 is 11.6 Å². The monoisotopic (exact) mass is 494 g/mol. The van der Waals surface area contributed by atoms with Crippen molar-refractivity contribution in [3.8, 4) is 11.1 Å². The molecule has 0 aliphatic heterocycles. The van der Waals surface area contributed by atoms with Gasteiger partial charge in [0.15, 0.2) is 14.9 Å². The molecule has 4 N–H and O–H groups in total. The summed E-state index contributed by atoms with van der Waals surface area (Å²) in [5.74, 6) is -0.638. The summed E-state index contributed by atoms with van der Waals surface area (Å²) in [5.41, 5.74) is 1.77. The number of carbonyl (C=O) groups is 1. The number of rotatable bonds is 7. The van der Waals surface area contributed by atoms with Gasteiger partial charge in [0.25, 0.3) is 0 Å². The van der Waals surface area contributed by atoms with Gasteiger partial charge in [-0.05, 0) is 36.6 Å². The van der Waals surface area contributed by atoms with E-state index < -0.39 is 27.9 Å². The molecule has 2 aromatic heterocycles. The Morgan fingerprint density at radius 2 is 2.09 bits per heavy atom. The van der Waals surface area contributed by atoms with Gasteiger partial charge in [-0.1, -0.05) is 31.5 Å². The maximum Gasteiger partial charge on any atom is 0.332 e. The SMILES string of the molecule is CC(C)c1cc(F)cc(-c2cccnc2)c1NC(=O)NS(=N)(=O)c1nn(C[C@H](C)O)cc1Cl. The van der Waals surface area contributed by atoms with Crippen LogP contribution in [0.25, 0.3) is 11.1 Å². The number of amides is 2. The van der Waals surface area contributed by atoms with Crippen LogP contribution in [0.1, 0.15) is 32.3 Å². The molecule has 0 saturated heterocycles. The van der Waals surface area contributed by atoms with Crippen molar-refractivity contribution < 1.29 is 18.5 Å². The number of nitrogens with zero attached hydrogens (tertiary/aromatic N) is 3. The summed E-state index contributed by atoms with van der Waals surface area (Å²) in [7, 11) is -3.94. The van der Waals surface area contributed by atoms with E-state index in [0.717, 1.165) is 0 Å². The summed E-state index contributed by atoms with van der Waals surface area (Å²) in [4.78, 5) is 16.8. The smallest absolute Gasteiger partial charge is 0.332 e. The third-order valence-corrected chi connectivity index (χ3v) is 6.32. The third kappa shape index (κ3) is 5.86. The van der Waals surface area contributed by atoms with E-state index in [9.17, 15) is 18.5 Å². The molecule has 3 aromatic rings. The molecule has 2 amide bonds. The molecule has 9 nitrogen and oxygen atoms in total. The molecule has 0 fully saturated rings. The molecule has 0 aliphatic carbocycles. The number of benzene rings is 1. The van der Waals surface area contributed by atoms with Gasteiger partial charge in [-0.2, -0.15) is 5.10 Å². The first kappa shape index (κ1) is 24.6. The van der Waals surface area contributed by atoms with E-state index >= 15 is 0 Å². The molecule has 0 saturated carbocycles. The molecule has 2 atom stereocenters. The number of aliphatic hydroxyl groups excluding tert-OH is 1. The Hall–Kier alpha value is -3.02. The summed E-state index contributed by atoms with van der Waals surface area (Å²) < 4.78 is 38.8. The van der Waals surface area contributed by atoms with Crippen LogP contribution in [0.2, 0.25) is 5.02 Å². The predicted octanol–water partition coefficient (Wildman–Crippen LogP) is 4.38. The van der Waals surface area contributed by atoms with Crippen LogP contribution < -0.4 is 10.0 Å². The van der Waals surface area contributed by atoms with E-state index in [-0.39, 0.29) is 22.5 Å². The molecule has 0 bridgehead atoms. The zero-order chi connectivity index (χ0) is 24.3. The van der Waals surface area contributed by atoms with Crippen LogP contribution in [0, 0.1) is 10.6 Å². The molecule has 0 radical (unpaired) electrons. The highest BCUT2D eigenvalue weighted by Crippen LogP contribution is 2.35. The number of anilines is 1. The number of hydrogen-bond acceptors (Lipinski definition) is 6. The fourth-order valence-corrected chi connectivity index (χ4v) is 4.66. The fourth-order valence-electron chi connectivity index (χ4n) is 3.23. The highest BCUT2D eigenvalue weighted by atomic mass is 35.5. The topological polar surface area (TPSA) is 133 Å². The van der Waals surface area contributed by atoms with Crippen LogP contribution in [0.5, 0.6) is 0 Å². The number of hydrogen-bond donors (Lipinski definition) is 4. The van der Waals surface area contributed by atoms with Gasteiger partial charge in [-0.25, -0.2) is 22.9 Å². The lowest BCUT2D eigenvalue weighted by Gasteiger charge is -2.19. The number of carbonyl (C=O) groups excluding carboxylic acids is 1. The maximum atomic E-state index is 14.4. The van der Waals surface area contributed by atoms with E-state index in [1.807, 2.05) is 13.8 Å². The van der Waals surface area contributed by atoms with Gasteiger partial charge < -0.3 is 10.4 Å². The van der Waals surface area contributed by atoms with Crippen LogP contribution in [-0.2, 0) is 16.5 Å². The van der Waals surface area contributed by atoms with Crippen molar-refractivity contribution in [2.24, 2.45) is 0 Å². The molecule has 12 heteroatoms. The van der Waals surface area contributed by atoms with Gasteiger partial charge in [0, 0.05) is 29.7 Å². The van der Waals surface area contributed by atoms with Crippen molar-refractivity contribution in [3.05, 3.63) is 59.3 Å². The van der Waals surface area contributed by atoms with Gasteiger partial charge in [0.1, 0.15) is 5.82 Å². The maximum absolute atomic E-state index is 14.4. The van der Waals surface area contributed by atoms with E-state index in [1.54, 1.807) is 18.3 Å². The Bertz CT molecular complexity index is 1260. The molecule has 3 rings (SSSR count). The first-order valence-electron chi connectivity index (χ1n) is 10.0.